The number of hydrogen-bond donors (Lipinski definition) is 0. The van der Waals surface area contributed by atoms with Gasteiger partial charge in [0.25, 0.3) is 5.56 Å². The molecule has 6 heteroatoms. The van der Waals surface area contributed by atoms with Crippen LogP contribution >= 0.6 is 23.1 Å². The van der Waals surface area contributed by atoms with Gasteiger partial charge in [0.1, 0.15) is 10.6 Å². The lowest BCUT2D eigenvalue weighted by molar-refractivity contribution is -0.118. The van der Waals surface area contributed by atoms with Crippen molar-refractivity contribution in [2.45, 2.75) is 44.1 Å². The first-order chi connectivity index (χ1) is 13.0. The number of aromatic nitrogens is 2. The average molecular weight is 399 g/mol. The third-order valence-electron chi connectivity index (χ3n) is 4.42. The van der Waals surface area contributed by atoms with Gasteiger partial charge in [-0.05, 0) is 19.4 Å². The molecule has 1 unspecified atom stereocenters. The number of benzene rings is 1. The summed E-state index contributed by atoms with van der Waals surface area (Å²) in [7, 11) is 0. The number of carbonyl (C=O) groups excluding carboxylic acids is 1. The minimum absolute atomic E-state index is 0.0876. The number of thioether (sulfide) groups is 1. The monoisotopic (exact) mass is 398 g/mol. The molecule has 0 radical (unpaired) electrons. The van der Waals surface area contributed by atoms with Crippen molar-refractivity contribution in [1.82, 2.24) is 9.55 Å². The van der Waals surface area contributed by atoms with Gasteiger partial charge in [-0.2, -0.15) is 0 Å². The maximum atomic E-state index is 13.3. The summed E-state index contributed by atoms with van der Waals surface area (Å²) in [6.45, 7) is 9.87. The van der Waals surface area contributed by atoms with E-state index >= 15 is 0 Å². The molecule has 2 aromatic heterocycles. The van der Waals surface area contributed by atoms with E-state index in [1.54, 1.807) is 10.6 Å². The summed E-state index contributed by atoms with van der Waals surface area (Å²) in [5, 5.41) is 2.94. The number of thiophene rings is 1. The van der Waals surface area contributed by atoms with Crippen molar-refractivity contribution < 1.29 is 4.79 Å². The summed E-state index contributed by atoms with van der Waals surface area (Å²) < 4.78 is 1.61. The molecule has 0 bridgehead atoms. The number of rotatable bonds is 7. The molecule has 0 aliphatic rings. The van der Waals surface area contributed by atoms with Crippen LogP contribution in [0, 0.1) is 6.92 Å². The van der Waals surface area contributed by atoms with Crippen molar-refractivity contribution in [3.63, 3.8) is 0 Å². The Morgan fingerprint density at radius 2 is 2.07 bits per heavy atom. The number of Topliss-reactive ketones (excluding diaryl/α,β-unsaturated/α-hetero) is 1. The molecule has 0 fully saturated rings. The number of allylic oxidation sites excluding steroid dienone is 1. The Labute approximate surface area is 167 Å². The average Bonchev–Trinajstić information content (AvgIpc) is 3.08. The number of ketones is 1. The fraction of sp³-hybridized carbons (Fsp3) is 0.286. The van der Waals surface area contributed by atoms with E-state index in [4.69, 9.17) is 4.98 Å². The van der Waals surface area contributed by atoms with Gasteiger partial charge in [0.15, 0.2) is 5.16 Å². The molecule has 140 valence electrons. The molecule has 3 rings (SSSR count). The van der Waals surface area contributed by atoms with Crippen molar-refractivity contribution in [2.75, 3.05) is 0 Å². The van der Waals surface area contributed by atoms with Crippen LogP contribution in [0.5, 0.6) is 0 Å². The van der Waals surface area contributed by atoms with Crippen LogP contribution in [0.4, 0.5) is 0 Å². The highest BCUT2D eigenvalue weighted by molar-refractivity contribution is 8.00. The molecular weight excluding hydrogens is 376 g/mol. The maximum Gasteiger partial charge on any atom is 0.263 e. The Balaban J connectivity index is 2.16. The standard InChI is InChI=1S/C21H22N2O2S2/c1-5-11-23-20(25)18-16(15-9-7-13(3)8-10-15)12-26-19(18)22-21(23)27-14(4)17(24)6-2/h5,7-10,12,14H,1,6,11H2,2-4H3. The van der Waals surface area contributed by atoms with E-state index in [9.17, 15) is 9.59 Å². The maximum absolute atomic E-state index is 13.3. The summed E-state index contributed by atoms with van der Waals surface area (Å²) in [4.78, 5) is 30.7. The van der Waals surface area contributed by atoms with Gasteiger partial charge >= 0.3 is 0 Å². The molecular formula is C21H22N2O2S2. The minimum Gasteiger partial charge on any atom is -0.298 e. The second-order valence-corrected chi connectivity index (χ2v) is 8.54. The van der Waals surface area contributed by atoms with Gasteiger partial charge in [0.2, 0.25) is 0 Å². The van der Waals surface area contributed by atoms with Crippen LogP contribution in [0.1, 0.15) is 25.8 Å². The van der Waals surface area contributed by atoms with Crippen LogP contribution in [0.2, 0.25) is 0 Å². The van der Waals surface area contributed by atoms with Gasteiger partial charge < -0.3 is 0 Å². The van der Waals surface area contributed by atoms with Crippen LogP contribution in [-0.4, -0.2) is 20.6 Å². The Kier molecular flexibility index (Phi) is 5.97. The summed E-state index contributed by atoms with van der Waals surface area (Å²) in [5.41, 5.74) is 2.99. The molecule has 0 spiro atoms. The van der Waals surface area contributed by atoms with Crippen LogP contribution in [-0.2, 0) is 11.3 Å². The van der Waals surface area contributed by atoms with Crippen molar-refractivity contribution in [1.29, 1.82) is 0 Å². The van der Waals surface area contributed by atoms with Gasteiger partial charge in [-0.15, -0.1) is 17.9 Å². The van der Waals surface area contributed by atoms with Crippen molar-refractivity contribution in [2.24, 2.45) is 0 Å². The molecule has 1 atom stereocenters. The lowest BCUT2D eigenvalue weighted by Crippen LogP contribution is -2.24. The van der Waals surface area contributed by atoms with E-state index in [-0.39, 0.29) is 16.6 Å². The Morgan fingerprint density at radius 1 is 1.37 bits per heavy atom. The van der Waals surface area contributed by atoms with E-state index in [0.717, 1.165) is 11.1 Å². The van der Waals surface area contributed by atoms with E-state index in [0.29, 0.717) is 28.3 Å². The zero-order valence-corrected chi connectivity index (χ0v) is 17.3. The van der Waals surface area contributed by atoms with Crippen molar-refractivity contribution in [3.05, 3.63) is 58.2 Å². The molecule has 0 aliphatic heterocycles. The molecule has 2 heterocycles. The minimum atomic E-state index is -0.244. The number of aryl methyl sites for hydroxylation is 1. The normalized spacial score (nSPS) is 12.3. The Hall–Kier alpha value is -2.18. The molecule has 0 saturated heterocycles. The summed E-state index contributed by atoms with van der Waals surface area (Å²) in [6.07, 6.45) is 2.15. The van der Waals surface area contributed by atoms with Crippen LogP contribution in [0.3, 0.4) is 0 Å². The molecule has 0 aliphatic carbocycles. The number of nitrogens with zero attached hydrogens (tertiary/aromatic N) is 2. The molecule has 27 heavy (non-hydrogen) atoms. The first-order valence-electron chi connectivity index (χ1n) is 8.85. The lowest BCUT2D eigenvalue weighted by atomic mass is 10.1. The molecule has 0 N–H and O–H groups in total. The van der Waals surface area contributed by atoms with Gasteiger partial charge in [-0.3, -0.25) is 14.2 Å². The summed E-state index contributed by atoms with van der Waals surface area (Å²) in [6, 6.07) is 8.13. The second kappa shape index (κ2) is 8.23. The molecule has 1 aromatic carbocycles. The fourth-order valence-electron chi connectivity index (χ4n) is 2.84. The predicted octanol–water partition coefficient (Wildman–Crippen LogP) is 5.08. The molecule has 0 amide bonds. The zero-order chi connectivity index (χ0) is 19.6. The van der Waals surface area contributed by atoms with Crippen molar-refractivity contribution in [3.8, 4) is 11.1 Å². The topological polar surface area (TPSA) is 52.0 Å². The van der Waals surface area contributed by atoms with Gasteiger partial charge in [0.05, 0.1) is 10.6 Å². The van der Waals surface area contributed by atoms with Crippen LogP contribution in [0.15, 0.2) is 52.3 Å². The van der Waals surface area contributed by atoms with E-state index in [2.05, 4.69) is 6.58 Å². The van der Waals surface area contributed by atoms with Crippen molar-refractivity contribution >= 4 is 39.1 Å². The molecule has 4 nitrogen and oxygen atoms in total. The summed E-state index contributed by atoms with van der Waals surface area (Å²) in [5.74, 6) is 0.144. The van der Waals surface area contributed by atoms with Gasteiger partial charge in [0, 0.05) is 23.9 Å². The van der Waals surface area contributed by atoms with E-state index in [1.165, 1.54) is 28.7 Å². The predicted molar refractivity (Wildman–Crippen MR) is 115 cm³/mol. The molecule has 3 aromatic rings. The number of hydrogen-bond acceptors (Lipinski definition) is 5. The quantitative estimate of drug-likeness (QED) is 0.316. The first-order valence-corrected chi connectivity index (χ1v) is 10.6. The Morgan fingerprint density at radius 3 is 2.70 bits per heavy atom. The van der Waals surface area contributed by atoms with E-state index < -0.39 is 0 Å². The number of fused-ring (bicyclic) bond motifs is 1. The van der Waals surface area contributed by atoms with Crippen LogP contribution < -0.4 is 5.56 Å². The van der Waals surface area contributed by atoms with Gasteiger partial charge in [-0.25, -0.2) is 4.98 Å². The molecule has 0 saturated carbocycles. The van der Waals surface area contributed by atoms with Crippen LogP contribution in [0.25, 0.3) is 21.3 Å². The third kappa shape index (κ3) is 3.92. The highest BCUT2D eigenvalue weighted by Crippen LogP contribution is 2.33. The number of carbonyl (C=O) groups is 1. The second-order valence-electron chi connectivity index (χ2n) is 6.37. The fourth-order valence-corrected chi connectivity index (χ4v) is 4.88. The smallest absolute Gasteiger partial charge is 0.263 e. The highest BCUT2D eigenvalue weighted by Gasteiger charge is 2.20. The van der Waals surface area contributed by atoms with E-state index in [1.807, 2.05) is 50.4 Å². The highest BCUT2D eigenvalue weighted by atomic mass is 32.2. The largest absolute Gasteiger partial charge is 0.298 e. The first kappa shape index (κ1) is 19.6. The SMILES string of the molecule is C=CCn1c(SC(C)C(=O)CC)nc2scc(-c3ccc(C)cc3)c2c1=O. The Bertz CT molecular complexity index is 1050. The zero-order valence-electron chi connectivity index (χ0n) is 15.7. The summed E-state index contributed by atoms with van der Waals surface area (Å²) >= 11 is 2.80. The van der Waals surface area contributed by atoms with Gasteiger partial charge in [-0.1, -0.05) is 54.6 Å². The lowest BCUT2D eigenvalue weighted by Gasteiger charge is -2.13. The third-order valence-corrected chi connectivity index (χ3v) is 6.43.